The van der Waals surface area contributed by atoms with E-state index in [1.54, 1.807) is 6.92 Å². The molecule has 1 atom stereocenters. The van der Waals surface area contributed by atoms with Crippen molar-refractivity contribution in [3.63, 3.8) is 0 Å². The number of rotatable bonds is 4. The number of carbonyl (C=O) groups is 1. The highest BCUT2D eigenvalue weighted by molar-refractivity contribution is 5.84. The van der Waals surface area contributed by atoms with E-state index in [9.17, 15) is 4.79 Å². The second-order valence-electron chi connectivity index (χ2n) is 6.09. The van der Waals surface area contributed by atoms with Crippen molar-refractivity contribution in [1.82, 2.24) is 10.2 Å². The van der Waals surface area contributed by atoms with E-state index in [1.807, 2.05) is 6.92 Å². The van der Waals surface area contributed by atoms with Crippen LogP contribution < -0.4 is 5.32 Å². The van der Waals surface area contributed by atoms with Crippen LogP contribution in [-0.4, -0.2) is 37.5 Å². The molecule has 102 valence electrons. The number of carbonyl (C=O) groups excluding carboxylic acids is 1. The number of nitriles is 1. The standard InChI is InChI=1S/C14H25N3O/c1-5-14(3,10-15)12(18)16-11-13(2)6-8-17(4)9-7-13/h5-9,11H2,1-4H3,(H,16,18). The minimum atomic E-state index is -0.887. The van der Waals surface area contributed by atoms with Gasteiger partial charge in [0.1, 0.15) is 5.41 Å². The third-order valence-electron chi connectivity index (χ3n) is 4.32. The van der Waals surface area contributed by atoms with E-state index in [0.29, 0.717) is 13.0 Å². The first kappa shape index (κ1) is 15.0. The zero-order chi connectivity index (χ0) is 13.8. The van der Waals surface area contributed by atoms with Crippen LogP contribution >= 0.6 is 0 Å². The molecule has 0 bridgehead atoms. The van der Waals surface area contributed by atoms with E-state index in [2.05, 4.69) is 30.3 Å². The highest BCUT2D eigenvalue weighted by Crippen LogP contribution is 2.30. The van der Waals surface area contributed by atoms with Crippen molar-refractivity contribution < 1.29 is 4.79 Å². The minimum Gasteiger partial charge on any atom is -0.354 e. The van der Waals surface area contributed by atoms with Crippen LogP contribution in [0.4, 0.5) is 0 Å². The van der Waals surface area contributed by atoms with E-state index < -0.39 is 5.41 Å². The fraction of sp³-hybridized carbons (Fsp3) is 0.857. The second-order valence-corrected chi connectivity index (χ2v) is 6.09. The van der Waals surface area contributed by atoms with Crippen molar-refractivity contribution in [3.8, 4) is 6.07 Å². The quantitative estimate of drug-likeness (QED) is 0.828. The number of amides is 1. The maximum absolute atomic E-state index is 12.0. The maximum Gasteiger partial charge on any atom is 0.240 e. The molecule has 1 amide bonds. The second kappa shape index (κ2) is 5.71. The Balaban J connectivity index is 2.50. The van der Waals surface area contributed by atoms with Gasteiger partial charge < -0.3 is 10.2 Å². The van der Waals surface area contributed by atoms with Gasteiger partial charge in [0.05, 0.1) is 6.07 Å². The number of piperidine rings is 1. The Labute approximate surface area is 110 Å². The first-order chi connectivity index (χ1) is 8.35. The van der Waals surface area contributed by atoms with Gasteiger partial charge >= 0.3 is 0 Å². The molecule has 1 rings (SSSR count). The van der Waals surface area contributed by atoms with Crippen molar-refractivity contribution in [2.45, 2.75) is 40.0 Å². The molecule has 0 aromatic heterocycles. The molecule has 0 radical (unpaired) electrons. The summed E-state index contributed by atoms with van der Waals surface area (Å²) in [6, 6.07) is 2.11. The Kier molecular flexibility index (Phi) is 4.75. The van der Waals surface area contributed by atoms with Crippen molar-refractivity contribution in [2.24, 2.45) is 10.8 Å². The average molecular weight is 251 g/mol. The third-order valence-corrected chi connectivity index (χ3v) is 4.32. The zero-order valence-corrected chi connectivity index (χ0v) is 12.0. The molecule has 1 N–H and O–H groups in total. The summed E-state index contributed by atoms with van der Waals surface area (Å²) in [6.07, 6.45) is 2.74. The molecular weight excluding hydrogens is 226 g/mol. The van der Waals surface area contributed by atoms with Gasteiger partial charge in [-0.25, -0.2) is 0 Å². The molecule has 0 aromatic carbocycles. The van der Waals surface area contributed by atoms with Crippen LogP contribution in [0.3, 0.4) is 0 Å². The van der Waals surface area contributed by atoms with Crippen LogP contribution in [0.1, 0.15) is 40.0 Å². The first-order valence-corrected chi connectivity index (χ1v) is 6.73. The smallest absolute Gasteiger partial charge is 0.240 e. The lowest BCUT2D eigenvalue weighted by atomic mass is 9.80. The summed E-state index contributed by atoms with van der Waals surface area (Å²) in [4.78, 5) is 14.3. The van der Waals surface area contributed by atoms with Crippen LogP contribution in [0.5, 0.6) is 0 Å². The molecule has 1 aliphatic heterocycles. The van der Waals surface area contributed by atoms with E-state index in [1.165, 1.54) is 0 Å². The monoisotopic (exact) mass is 251 g/mol. The lowest BCUT2D eigenvalue weighted by Crippen LogP contribution is -2.46. The topological polar surface area (TPSA) is 56.1 Å². The van der Waals surface area contributed by atoms with Gasteiger partial charge in [-0.2, -0.15) is 5.26 Å². The summed E-state index contributed by atoms with van der Waals surface area (Å²) in [7, 11) is 2.13. The highest BCUT2D eigenvalue weighted by Gasteiger charge is 2.34. The molecule has 0 aromatic rings. The van der Waals surface area contributed by atoms with Crippen molar-refractivity contribution in [3.05, 3.63) is 0 Å². The number of likely N-dealkylation sites (tertiary alicyclic amines) is 1. The predicted molar refractivity (Wildman–Crippen MR) is 71.9 cm³/mol. The predicted octanol–water partition coefficient (Wildman–Crippen LogP) is 1.77. The Bertz CT molecular complexity index is 339. The van der Waals surface area contributed by atoms with Gasteiger partial charge in [-0.05, 0) is 51.7 Å². The Morgan fingerprint density at radius 3 is 2.50 bits per heavy atom. The van der Waals surface area contributed by atoms with Crippen LogP contribution in [0.25, 0.3) is 0 Å². The molecule has 1 unspecified atom stereocenters. The highest BCUT2D eigenvalue weighted by atomic mass is 16.2. The molecule has 18 heavy (non-hydrogen) atoms. The first-order valence-electron chi connectivity index (χ1n) is 6.73. The van der Waals surface area contributed by atoms with Gasteiger partial charge in [0.2, 0.25) is 5.91 Å². The summed E-state index contributed by atoms with van der Waals surface area (Å²) in [5.74, 6) is -0.132. The average Bonchev–Trinajstić information content (AvgIpc) is 2.39. The molecule has 0 aliphatic carbocycles. The fourth-order valence-electron chi connectivity index (χ4n) is 2.11. The van der Waals surface area contributed by atoms with Crippen LogP contribution in [0.15, 0.2) is 0 Å². The molecule has 0 spiro atoms. The summed E-state index contributed by atoms with van der Waals surface area (Å²) in [5.41, 5.74) is -0.714. The number of nitrogens with one attached hydrogen (secondary N) is 1. The molecule has 0 saturated carbocycles. The Morgan fingerprint density at radius 1 is 1.50 bits per heavy atom. The van der Waals surface area contributed by atoms with Crippen molar-refractivity contribution >= 4 is 5.91 Å². The maximum atomic E-state index is 12.0. The van der Waals surface area contributed by atoms with E-state index >= 15 is 0 Å². The summed E-state index contributed by atoms with van der Waals surface area (Å²) < 4.78 is 0. The van der Waals surface area contributed by atoms with Gasteiger partial charge in [0, 0.05) is 6.54 Å². The van der Waals surface area contributed by atoms with E-state index in [-0.39, 0.29) is 11.3 Å². The van der Waals surface area contributed by atoms with Gasteiger partial charge in [0.15, 0.2) is 0 Å². The van der Waals surface area contributed by atoms with Crippen LogP contribution in [0.2, 0.25) is 0 Å². The lowest BCUT2D eigenvalue weighted by molar-refractivity contribution is -0.128. The third kappa shape index (κ3) is 3.46. The molecular formula is C14H25N3O. The van der Waals surface area contributed by atoms with Crippen molar-refractivity contribution in [2.75, 3.05) is 26.7 Å². The molecule has 1 fully saturated rings. The summed E-state index contributed by atoms with van der Waals surface area (Å²) >= 11 is 0. The summed E-state index contributed by atoms with van der Waals surface area (Å²) in [6.45, 7) is 8.64. The van der Waals surface area contributed by atoms with Crippen molar-refractivity contribution in [1.29, 1.82) is 5.26 Å². The molecule has 1 heterocycles. The lowest BCUT2D eigenvalue weighted by Gasteiger charge is -2.38. The van der Waals surface area contributed by atoms with Crippen LogP contribution in [-0.2, 0) is 4.79 Å². The fourth-order valence-corrected chi connectivity index (χ4v) is 2.11. The van der Waals surface area contributed by atoms with Gasteiger partial charge in [-0.1, -0.05) is 13.8 Å². The number of nitrogens with zero attached hydrogens (tertiary/aromatic N) is 2. The molecule has 4 nitrogen and oxygen atoms in total. The Morgan fingerprint density at radius 2 is 2.06 bits per heavy atom. The van der Waals surface area contributed by atoms with Crippen LogP contribution in [0, 0.1) is 22.2 Å². The minimum absolute atomic E-state index is 0.132. The largest absolute Gasteiger partial charge is 0.354 e. The van der Waals surface area contributed by atoms with Gasteiger partial charge in [-0.3, -0.25) is 4.79 Å². The summed E-state index contributed by atoms with van der Waals surface area (Å²) in [5, 5.41) is 12.0. The van der Waals surface area contributed by atoms with E-state index in [0.717, 1.165) is 25.9 Å². The zero-order valence-electron chi connectivity index (χ0n) is 12.0. The van der Waals surface area contributed by atoms with Gasteiger partial charge in [0.25, 0.3) is 0 Å². The molecule has 1 aliphatic rings. The SMILES string of the molecule is CCC(C)(C#N)C(=O)NCC1(C)CCN(C)CC1. The normalized spacial score (nSPS) is 22.8. The number of hydrogen-bond acceptors (Lipinski definition) is 3. The molecule has 1 saturated heterocycles. The van der Waals surface area contributed by atoms with E-state index in [4.69, 9.17) is 5.26 Å². The Hall–Kier alpha value is -1.08. The molecule has 4 heteroatoms. The number of hydrogen-bond donors (Lipinski definition) is 1. The van der Waals surface area contributed by atoms with Gasteiger partial charge in [-0.15, -0.1) is 0 Å².